The molecule has 2 aromatic heterocycles. The Balaban J connectivity index is 2.35. The fourth-order valence-electron chi connectivity index (χ4n) is 1.68. The molecule has 0 atom stereocenters. The molecule has 0 bridgehead atoms. The molecule has 0 spiro atoms. The van der Waals surface area contributed by atoms with E-state index in [0.29, 0.717) is 17.1 Å². The first kappa shape index (κ1) is 9.15. The highest BCUT2D eigenvalue weighted by atomic mass is 79.9. The van der Waals surface area contributed by atoms with Gasteiger partial charge in [-0.1, -0.05) is 0 Å². The van der Waals surface area contributed by atoms with Crippen LogP contribution in [0, 0.1) is 0 Å². The van der Waals surface area contributed by atoms with Gasteiger partial charge in [-0.3, -0.25) is 4.57 Å². The largest absolute Gasteiger partial charge is 0.420 e. The van der Waals surface area contributed by atoms with Crippen LogP contribution in [0.2, 0.25) is 0 Å². The summed E-state index contributed by atoms with van der Waals surface area (Å²) < 4.78 is 7.42. The van der Waals surface area contributed by atoms with Gasteiger partial charge in [-0.25, -0.2) is 9.78 Å². The lowest BCUT2D eigenvalue weighted by Gasteiger charge is -2.00. The summed E-state index contributed by atoms with van der Waals surface area (Å²) >= 11 is 3.46. The molecule has 78 valence electrons. The van der Waals surface area contributed by atoms with Crippen LogP contribution >= 0.6 is 15.9 Å². The van der Waals surface area contributed by atoms with E-state index >= 15 is 0 Å². The second-order valence-corrected chi connectivity index (χ2v) is 4.73. The molecule has 1 aliphatic rings. The Morgan fingerprint density at radius 3 is 3.00 bits per heavy atom. The van der Waals surface area contributed by atoms with Crippen LogP contribution in [0.4, 0.5) is 0 Å². The van der Waals surface area contributed by atoms with E-state index in [1.165, 1.54) is 17.4 Å². The Bertz CT molecular complexity index is 595. The fourth-order valence-corrected chi connectivity index (χ4v) is 2.30. The van der Waals surface area contributed by atoms with Crippen molar-refractivity contribution in [2.75, 3.05) is 0 Å². The van der Waals surface area contributed by atoms with Crippen LogP contribution in [0.25, 0.3) is 11.2 Å². The second-order valence-electron chi connectivity index (χ2n) is 3.88. The van der Waals surface area contributed by atoms with E-state index in [2.05, 4.69) is 20.9 Å². The number of hydrogen-bond donors (Lipinski definition) is 0. The third-order valence-corrected chi connectivity index (χ3v) is 3.34. The molecular weight excluding hydrogens is 260 g/mol. The van der Waals surface area contributed by atoms with Crippen LogP contribution in [-0.4, -0.2) is 9.55 Å². The van der Waals surface area contributed by atoms with E-state index in [4.69, 9.17) is 4.42 Å². The molecule has 4 nitrogen and oxygen atoms in total. The zero-order chi connectivity index (χ0) is 10.6. The zero-order valence-electron chi connectivity index (χ0n) is 8.16. The van der Waals surface area contributed by atoms with Crippen molar-refractivity contribution in [3.05, 3.63) is 26.8 Å². The SMILES string of the molecule is Cn1c(=O)oc2cc(Br)c(C3CC3)nc21. The Kier molecular flexibility index (Phi) is 1.80. The first-order valence-corrected chi connectivity index (χ1v) is 5.62. The zero-order valence-corrected chi connectivity index (χ0v) is 9.74. The van der Waals surface area contributed by atoms with E-state index < -0.39 is 0 Å². The van der Waals surface area contributed by atoms with E-state index in [0.717, 1.165) is 10.2 Å². The van der Waals surface area contributed by atoms with Crippen LogP contribution in [0.5, 0.6) is 0 Å². The number of nitrogens with zero attached hydrogens (tertiary/aromatic N) is 2. The number of aromatic nitrogens is 2. The Morgan fingerprint density at radius 2 is 2.33 bits per heavy atom. The van der Waals surface area contributed by atoms with Crippen molar-refractivity contribution in [1.29, 1.82) is 0 Å². The van der Waals surface area contributed by atoms with Crippen molar-refractivity contribution < 1.29 is 4.42 Å². The lowest BCUT2D eigenvalue weighted by molar-refractivity contribution is 0.528. The van der Waals surface area contributed by atoms with Crippen molar-refractivity contribution in [2.24, 2.45) is 7.05 Å². The average Bonchev–Trinajstić information content (AvgIpc) is 2.97. The summed E-state index contributed by atoms with van der Waals surface area (Å²) in [7, 11) is 1.67. The molecule has 0 aliphatic heterocycles. The number of halogens is 1. The molecule has 0 aromatic carbocycles. The minimum Gasteiger partial charge on any atom is -0.406 e. The van der Waals surface area contributed by atoms with Crippen LogP contribution in [0.3, 0.4) is 0 Å². The topological polar surface area (TPSA) is 48.0 Å². The normalized spacial score (nSPS) is 16.1. The highest BCUT2D eigenvalue weighted by Crippen LogP contribution is 2.42. The van der Waals surface area contributed by atoms with Gasteiger partial charge in [0.2, 0.25) is 0 Å². The van der Waals surface area contributed by atoms with E-state index in [-0.39, 0.29) is 5.76 Å². The number of aryl methyl sites for hydroxylation is 1. The summed E-state index contributed by atoms with van der Waals surface area (Å²) in [6.45, 7) is 0. The number of fused-ring (bicyclic) bond motifs is 1. The maximum atomic E-state index is 11.3. The molecule has 0 radical (unpaired) electrons. The molecule has 1 aliphatic carbocycles. The average molecular weight is 269 g/mol. The molecule has 0 unspecified atom stereocenters. The molecule has 5 heteroatoms. The highest BCUT2D eigenvalue weighted by molar-refractivity contribution is 9.10. The molecule has 3 rings (SSSR count). The van der Waals surface area contributed by atoms with E-state index in [1.807, 2.05) is 6.07 Å². The summed E-state index contributed by atoms with van der Waals surface area (Å²) in [5, 5.41) is 0. The van der Waals surface area contributed by atoms with Gasteiger partial charge in [0.15, 0.2) is 11.2 Å². The Morgan fingerprint density at radius 1 is 1.60 bits per heavy atom. The molecule has 2 heterocycles. The van der Waals surface area contributed by atoms with Crippen molar-refractivity contribution in [3.8, 4) is 0 Å². The Labute approximate surface area is 94.0 Å². The van der Waals surface area contributed by atoms with Gasteiger partial charge < -0.3 is 4.42 Å². The van der Waals surface area contributed by atoms with Crippen LogP contribution in [0.1, 0.15) is 24.5 Å². The summed E-state index contributed by atoms with van der Waals surface area (Å²) in [6, 6.07) is 1.83. The van der Waals surface area contributed by atoms with Gasteiger partial charge >= 0.3 is 5.76 Å². The quantitative estimate of drug-likeness (QED) is 0.797. The standard InChI is InChI=1S/C10H9BrN2O2/c1-13-9-7(15-10(13)14)4-6(11)8(12-9)5-2-3-5/h4-5H,2-3H2,1H3. The van der Waals surface area contributed by atoms with Crippen LogP contribution < -0.4 is 5.76 Å². The van der Waals surface area contributed by atoms with Crippen molar-refractivity contribution in [1.82, 2.24) is 9.55 Å². The number of oxazole rings is 1. The van der Waals surface area contributed by atoms with Gasteiger partial charge in [-0.05, 0) is 28.8 Å². The molecule has 0 saturated heterocycles. The van der Waals surface area contributed by atoms with E-state index in [1.54, 1.807) is 7.05 Å². The van der Waals surface area contributed by atoms with Gasteiger partial charge in [0.05, 0.1) is 5.69 Å². The van der Waals surface area contributed by atoms with Crippen molar-refractivity contribution in [3.63, 3.8) is 0 Å². The molecule has 2 aromatic rings. The lowest BCUT2D eigenvalue weighted by Crippen LogP contribution is -2.09. The summed E-state index contributed by atoms with van der Waals surface area (Å²) in [6.07, 6.45) is 2.37. The predicted molar refractivity (Wildman–Crippen MR) is 58.9 cm³/mol. The Hall–Kier alpha value is -1.10. The second kappa shape index (κ2) is 2.95. The summed E-state index contributed by atoms with van der Waals surface area (Å²) in [4.78, 5) is 15.8. The van der Waals surface area contributed by atoms with Crippen molar-refractivity contribution >= 4 is 27.2 Å². The summed E-state index contributed by atoms with van der Waals surface area (Å²) in [5.74, 6) is 0.186. The first-order chi connectivity index (χ1) is 7.16. The molecular formula is C10H9BrN2O2. The van der Waals surface area contributed by atoms with Gasteiger partial charge in [0.25, 0.3) is 0 Å². The molecule has 0 N–H and O–H groups in total. The third kappa shape index (κ3) is 1.33. The predicted octanol–water partition coefficient (Wildman–Crippen LogP) is 2.17. The molecule has 1 fully saturated rings. The smallest absolute Gasteiger partial charge is 0.406 e. The minimum absolute atomic E-state index is 0.364. The fraction of sp³-hybridized carbons (Fsp3) is 0.400. The first-order valence-electron chi connectivity index (χ1n) is 4.83. The van der Waals surface area contributed by atoms with Crippen LogP contribution in [-0.2, 0) is 7.05 Å². The molecule has 0 amide bonds. The van der Waals surface area contributed by atoms with Gasteiger partial charge in [-0.2, -0.15) is 0 Å². The summed E-state index contributed by atoms with van der Waals surface area (Å²) in [5.41, 5.74) is 2.21. The van der Waals surface area contributed by atoms with Crippen LogP contribution in [0.15, 0.2) is 19.8 Å². The monoisotopic (exact) mass is 268 g/mol. The number of hydrogen-bond acceptors (Lipinski definition) is 3. The lowest BCUT2D eigenvalue weighted by atomic mass is 10.2. The maximum Gasteiger partial charge on any atom is 0.420 e. The van der Waals surface area contributed by atoms with Gasteiger partial charge in [-0.15, -0.1) is 0 Å². The van der Waals surface area contributed by atoms with E-state index in [9.17, 15) is 4.79 Å². The van der Waals surface area contributed by atoms with Gasteiger partial charge in [0.1, 0.15) is 0 Å². The maximum absolute atomic E-state index is 11.3. The molecule has 1 saturated carbocycles. The van der Waals surface area contributed by atoms with Gasteiger partial charge in [0, 0.05) is 23.5 Å². The number of rotatable bonds is 1. The molecule has 15 heavy (non-hydrogen) atoms. The number of pyridine rings is 1. The van der Waals surface area contributed by atoms with Crippen molar-refractivity contribution in [2.45, 2.75) is 18.8 Å². The third-order valence-electron chi connectivity index (χ3n) is 2.70. The minimum atomic E-state index is -0.364. The highest BCUT2D eigenvalue weighted by Gasteiger charge is 2.28.